The summed E-state index contributed by atoms with van der Waals surface area (Å²) in [5.41, 5.74) is 2.06. The van der Waals surface area contributed by atoms with E-state index in [2.05, 4.69) is 36.8 Å². The van der Waals surface area contributed by atoms with E-state index in [9.17, 15) is 0 Å². The first-order valence-corrected chi connectivity index (χ1v) is 5.02. The highest BCUT2D eigenvalue weighted by atomic mass is 15.0. The molecule has 6 nitrogen and oxygen atoms in total. The van der Waals surface area contributed by atoms with Crippen molar-refractivity contribution in [3.05, 3.63) is 37.1 Å². The Morgan fingerprint density at radius 1 is 1.29 bits per heavy atom. The van der Waals surface area contributed by atoms with Gasteiger partial charge in [-0.15, -0.1) is 0 Å². The van der Waals surface area contributed by atoms with E-state index in [-0.39, 0.29) is 0 Å². The fraction of sp³-hybridized carbons (Fsp3) is 0.0909. The number of aromatic nitrogens is 6. The molecule has 0 spiro atoms. The van der Waals surface area contributed by atoms with Gasteiger partial charge in [-0.25, -0.2) is 19.9 Å². The number of aromatic amines is 1. The van der Waals surface area contributed by atoms with Crippen LogP contribution in [0, 0.1) is 11.8 Å². The van der Waals surface area contributed by atoms with Crippen LogP contribution >= 0.6 is 0 Å². The van der Waals surface area contributed by atoms with E-state index in [0.717, 1.165) is 5.52 Å². The molecule has 3 heterocycles. The Balaban J connectivity index is 1.90. The van der Waals surface area contributed by atoms with E-state index >= 15 is 0 Å². The third-order valence-electron chi connectivity index (χ3n) is 2.25. The van der Waals surface area contributed by atoms with Crippen molar-refractivity contribution in [3.63, 3.8) is 0 Å². The van der Waals surface area contributed by atoms with Gasteiger partial charge in [0.05, 0.1) is 19.2 Å². The van der Waals surface area contributed by atoms with Gasteiger partial charge in [0.15, 0.2) is 5.65 Å². The molecule has 3 aromatic heterocycles. The van der Waals surface area contributed by atoms with Gasteiger partial charge in [-0.2, -0.15) is 0 Å². The zero-order valence-electron chi connectivity index (χ0n) is 8.83. The van der Waals surface area contributed by atoms with Crippen molar-refractivity contribution < 1.29 is 0 Å². The second kappa shape index (κ2) is 4.06. The Kier molecular flexibility index (Phi) is 2.28. The molecule has 1 N–H and O–H groups in total. The van der Waals surface area contributed by atoms with Gasteiger partial charge in [-0.05, 0) is 5.92 Å². The molecule has 0 atom stereocenters. The summed E-state index contributed by atoms with van der Waals surface area (Å²) in [5, 5.41) is 0. The summed E-state index contributed by atoms with van der Waals surface area (Å²) in [7, 11) is 0. The van der Waals surface area contributed by atoms with Crippen molar-refractivity contribution in [1.29, 1.82) is 0 Å². The summed E-state index contributed by atoms with van der Waals surface area (Å²) < 4.78 is 1.89. The summed E-state index contributed by atoms with van der Waals surface area (Å²) in [6.07, 6.45) is 8.35. The molecule has 0 aromatic carbocycles. The molecular formula is C11H8N6. The van der Waals surface area contributed by atoms with Gasteiger partial charge in [0, 0.05) is 12.4 Å². The van der Waals surface area contributed by atoms with Crippen LogP contribution in [0.25, 0.3) is 11.2 Å². The SMILES string of the molecule is C(#Cc1ncnc2nc[nH]c12)Cn1ccnc1. The van der Waals surface area contributed by atoms with Gasteiger partial charge in [0.1, 0.15) is 17.5 Å². The largest absolute Gasteiger partial charge is 0.341 e. The lowest BCUT2D eigenvalue weighted by molar-refractivity contribution is 0.839. The summed E-state index contributed by atoms with van der Waals surface area (Å²) in [4.78, 5) is 19.1. The maximum atomic E-state index is 4.12. The Labute approximate surface area is 96.8 Å². The molecule has 0 aliphatic heterocycles. The highest BCUT2D eigenvalue weighted by molar-refractivity contribution is 5.75. The van der Waals surface area contributed by atoms with Crippen LogP contribution in [-0.2, 0) is 6.54 Å². The number of H-pyrrole nitrogens is 1. The number of nitrogens with zero attached hydrogens (tertiary/aromatic N) is 5. The van der Waals surface area contributed by atoms with Crippen LogP contribution in [-0.4, -0.2) is 29.5 Å². The number of rotatable bonds is 1. The van der Waals surface area contributed by atoms with Crippen LogP contribution in [0.2, 0.25) is 0 Å². The topological polar surface area (TPSA) is 72.3 Å². The minimum atomic E-state index is 0.583. The van der Waals surface area contributed by atoms with Crippen LogP contribution in [0.1, 0.15) is 5.69 Å². The quantitative estimate of drug-likeness (QED) is 0.614. The molecule has 0 unspecified atom stereocenters. The predicted molar refractivity (Wildman–Crippen MR) is 60.8 cm³/mol. The number of nitrogens with one attached hydrogen (secondary N) is 1. The average molecular weight is 224 g/mol. The predicted octanol–water partition coefficient (Wildman–Crippen LogP) is 0.601. The summed E-state index contributed by atoms with van der Waals surface area (Å²) in [6, 6.07) is 0. The van der Waals surface area contributed by atoms with E-state index < -0.39 is 0 Å². The maximum Gasteiger partial charge on any atom is 0.181 e. The molecule has 3 aromatic rings. The molecule has 0 saturated heterocycles. The van der Waals surface area contributed by atoms with E-state index in [1.54, 1.807) is 18.9 Å². The van der Waals surface area contributed by atoms with Gasteiger partial charge in [-0.3, -0.25) is 0 Å². The van der Waals surface area contributed by atoms with Crippen molar-refractivity contribution in [2.45, 2.75) is 6.54 Å². The fourth-order valence-electron chi connectivity index (χ4n) is 1.45. The lowest BCUT2D eigenvalue weighted by atomic mass is 10.3. The summed E-state index contributed by atoms with van der Waals surface area (Å²) in [6.45, 7) is 0.583. The molecule has 0 aliphatic carbocycles. The van der Waals surface area contributed by atoms with E-state index in [4.69, 9.17) is 0 Å². The van der Waals surface area contributed by atoms with Gasteiger partial charge in [0.2, 0.25) is 0 Å². The molecule has 17 heavy (non-hydrogen) atoms. The first-order valence-electron chi connectivity index (χ1n) is 5.02. The molecule has 0 saturated carbocycles. The van der Waals surface area contributed by atoms with E-state index in [0.29, 0.717) is 17.9 Å². The molecule has 0 radical (unpaired) electrons. The summed E-state index contributed by atoms with van der Waals surface area (Å²) in [5.74, 6) is 6.01. The van der Waals surface area contributed by atoms with Crippen LogP contribution in [0.4, 0.5) is 0 Å². The Bertz CT molecular complexity index is 685. The molecule has 3 rings (SSSR count). The molecular weight excluding hydrogens is 216 g/mol. The van der Waals surface area contributed by atoms with Gasteiger partial charge in [-0.1, -0.05) is 5.92 Å². The minimum Gasteiger partial charge on any atom is -0.341 e. The smallest absolute Gasteiger partial charge is 0.181 e. The zero-order chi connectivity index (χ0) is 11.5. The van der Waals surface area contributed by atoms with Crippen molar-refractivity contribution >= 4 is 11.2 Å². The van der Waals surface area contributed by atoms with Crippen molar-refractivity contribution in [3.8, 4) is 11.8 Å². The number of imidazole rings is 2. The van der Waals surface area contributed by atoms with Crippen LogP contribution < -0.4 is 0 Å². The number of hydrogen-bond donors (Lipinski definition) is 1. The first-order chi connectivity index (χ1) is 8.43. The lowest BCUT2D eigenvalue weighted by Gasteiger charge is -1.92. The summed E-state index contributed by atoms with van der Waals surface area (Å²) >= 11 is 0. The third-order valence-corrected chi connectivity index (χ3v) is 2.25. The minimum absolute atomic E-state index is 0.583. The van der Waals surface area contributed by atoms with Crippen molar-refractivity contribution in [1.82, 2.24) is 29.5 Å². The highest BCUT2D eigenvalue weighted by Gasteiger charge is 2.01. The monoisotopic (exact) mass is 224 g/mol. The average Bonchev–Trinajstić information content (AvgIpc) is 2.99. The molecule has 6 heteroatoms. The van der Waals surface area contributed by atoms with Crippen LogP contribution in [0.5, 0.6) is 0 Å². The van der Waals surface area contributed by atoms with Crippen molar-refractivity contribution in [2.75, 3.05) is 0 Å². The number of fused-ring (bicyclic) bond motifs is 1. The normalized spacial score (nSPS) is 10.1. The third kappa shape index (κ3) is 1.86. The second-order valence-corrected chi connectivity index (χ2v) is 3.36. The van der Waals surface area contributed by atoms with Crippen LogP contribution in [0.15, 0.2) is 31.4 Å². The molecule has 0 bridgehead atoms. The highest BCUT2D eigenvalue weighted by Crippen LogP contribution is 2.07. The molecule has 82 valence electrons. The van der Waals surface area contributed by atoms with Gasteiger partial charge < -0.3 is 9.55 Å². The van der Waals surface area contributed by atoms with Crippen LogP contribution in [0.3, 0.4) is 0 Å². The number of hydrogen-bond acceptors (Lipinski definition) is 4. The molecule has 0 amide bonds. The lowest BCUT2D eigenvalue weighted by Crippen LogP contribution is -1.92. The second-order valence-electron chi connectivity index (χ2n) is 3.36. The Morgan fingerprint density at radius 3 is 3.18 bits per heavy atom. The van der Waals surface area contributed by atoms with Crippen molar-refractivity contribution in [2.24, 2.45) is 0 Å². The van der Waals surface area contributed by atoms with E-state index in [1.807, 2.05) is 10.8 Å². The van der Waals surface area contributed by atoms with Gasteiger partial charge >= 0.3 is 0 Å². The van der Waals surface area contributed by atoms with Gasteiger partial charge in [0.25, 0.3) is 0 Å². The van der Waals surface area contributed by atoms with E-state index in [1.165, 1.54) is 6.33 Å². The maximum absolute atomic E-state index is 4.12. The Morgan fingerprint density at radius 2 is 2.29 bits per heavy atom. The standard InChI is InChI=1S/C11H8N6/c1(4-17-5-3-12-8-17)2-9-10-11(15-6-13-9)16-7-14-10/h3,5-8H,4H2,(H,13,14,15,16). The zero-order valence-corrected chi connectivity index (χ0v) is 8.83. The molecule has 0 fully saturated rings. The first kappa shape index (κ1) is 9.54. The molecule has 0 aliphatic rings. The Hall–Kier alpha value is -2.68. The fourth-order valence-corrected chi connectivity index (χ4v) is 1.45.